The summed E-state index contributed by atoms with van der Waals surface area (Å²) in [5.41, 5.74) is 2.95. The third-order valence-corrected chi connectivity index (χ3v) is 9.97. The molecule has 1 N–H and O–H groups in total. The number of nitrogens with zero attached hydrogens (tertiary/aromatic N) is 5. The van der Waals surface area contributed by atoms with Crippen molar-refractivity contribution in [1.82, 2.24) is 14.5 Å². The van der Waals surface area contributed by atoms with Crippen LogP contribution in [-0.4, -0.2) is 45.8 Å². The minimum absolute atomic E-state index is 0.0344. The van der Waals surface area contributed by atoms with Crippen LogP contribution in [0.3, 0.4) is 0 Å². The van der Waals surface area contributed by atoms with Gasteiger partial charge in [-0.25, -0.2) is 23.5 Å². The maximum Gasteiger partial charge on any atom is 0.335 e. The van der Waals surface area contributed by atoms with Crippen LogP contribution in [0.15, 0.2) is 48.5 Å². The summed E-state index contributed by atoms with van der Waals surface area (Å²) in [6.45, 7) is 2.03. The zero-order chi connectivity index (χ0) is 32.9. The first-order valence-electron chi connectivity index (χ1n) is 15.5. The molecule has 0 amide bonds. The highest BCUT2D eigenvalue weighted by atomic mass is 35.5. The van der Waals surface area contributed by atoms with Crippen molar-refractivity contribution < 1.29 is 28.2 Å². The second-order valence-corrected chi connectivity index (χ2v) is 13.4. The van der Waals surface area contributed by atoms with Gasteiger partial charge in [0.15, 0.2) is 11.6 Å². The van der Waals surface area contributed by atoms with E-state index in [1.807, 2.05) is 6.08 Å². The molecule has 0 bridgehead atoms. The van der Waals surface area contributed by atoms with Crippen molar-refractivity contribution in [3.8, 4) is 17.7 Å². The van der Waals surface area contributed by atoms with Crippen LogP contribution in [-0.2, 0) is 13.2 Å². The van der Waals surface area contributed by atoms with Crippen LogP contribution in [0.2, 0.25) is 5.02 Å². The number of carboxylic acid groups (broad SMARTS) is 1. The number of fused-ring (bicyclic) bond motifs is 1. The molecule has 2 fully saturated rings. The second kappa shape index (κ2) is 11.8. The Kier molecular flexibility index (Phi) is 7.79. The Morgan fingerprint density at radius 2 is 1.91 bits per heavy atom. The number of allylic oxidation sites excluding steroid dienone is 2. The monoisotopic (exact) mass is 659 g/mol. The highest BCUT2D eigenvalue weighted by Crippen LogP contribution is 2.52. The van der Waals surface area contributed by atoms with E-state index in [0.717, 1.165) is 55.4 Å². The Hall–Kier alpha value is -4.69. The molecule has 12 heteroatoms. The molecular weight excluding hydrogens is 628 g/mol. The molecule has 3 aliphatic rings. The number of imidazole rings is 1. The minimum Gasteiger partial charge on any atom is -0.496 e. The molecule has 242 valence electrons. The summed E-state index contributed by atoms with van der Waals surface area (Å²) in [4.78, 5) is 23.1. The zero-order valence-electron chi connectivity index (χ0n) is 25.7. The van der Waals surface area contributed by atoms with Crippen LogP contribution in [0.4, 0.5) is 14.7 Å². The van der Waals surface area contributed by atoms with Gasteiger partial charge in [0.2, 0.25) is 5.95 Å². The van der Waals surface area contributed by atoms with E-state index in [4.69, 9.17) is 26.1 Å². The number of aromatic nitrogens is 3. The number of nitriles is 1. The normalized spacial score (nSPS) is 17.6. The van der Waals surface area contributed by atoms with Crippen molar-refractivity contribution in [3.05, 3.63) is 82.0 Å². The maximum atomic E-state index is 15.0. The van der Waals surface area contributed by atoms with Gasteiger partial charge in [-0.2, -0.15) is 5.26 Å². The lowest BCUT2D eigenvalue weighted by atomic mass is 9.69. The van der Waals surface area contributed by atoms with E-state index in [0.29, 0.717) is 47.7 Å². The number of carboxylic acids is 1. The molecule has 0 radical (unpaired) electrons. The van der Waals surface area contributed by atoms with Gasteiger partial charge < -0.3 is 24.0 Å². The van der Waals surface area contributed by atoms with Gasteiger partial charge in [-0.3, -0.25) is 0 Å². The first-order valence-corrected chi connectivity index (χ1v) is 15.9. The molecule has 1 saturated heterocycles. The van der Waals surface area contributed by atoms with E-state index in [-0.39, 0.29) is 34.6 Å². The molecule has 0 atom stereocenters. The van der Waals surface area contributed by atoms with Gasteiger partial charge in [0.1, 0.15) is 18.1 Å². The van der Waals surface area contributed by atoms with Crippen LogP contribution in [0.5, 0.6) is 11.6 Å². The number of benzene rings is 2. The quantitative estimate of drug-likeness (QED) is 0.187. The van der Waals surface area contributed by atoms with E-state index in [2.05, 4.69) is 20.5 Å². The maximum absolute atomic E-state index is 15.0. The van der Waals surface area contributed by atoms with E-state index in [1.165, 1.54) is 7.11 Å². The number of ether oxygens (including phenoxy) is 2. The predicted octanol–water partition coefficient (Wildman–Crippen LogP) is 7.42. The van der Waals surface area contributed by atoms with Gasteiger partial charge in [-0.1, -0.05) is 23.7 Å². The fourth-order valence-corrected chi connectivity index (χ4v) is 6.98. The lowest BCUT2D eigenvalue weighted by Gasteiger charge is -2.52. The smallest absolute Gasteiger partial charge is 0.335 e. The fraction of sp³-hybridized carbons (Fsp3) is 0.371. The predicted molar refractivity (Wildman–Crippen MR) is 172 cm³/mol. The molecule has 2 aromatic heterocycles. The van der Waals surface area contributed by atoms with Gasteiger partial charge >= 0.3 is 5.97 Å². The Labute approximate surface area is 275 Å². The van der Waals surface area contributed by atoms with E-state index < -0.39 is 17.6 Å². The summed E-state index contributed by atoms with van der Waals surface area (Å²) in [6, 6.07) is 13.1. The number of pyridine rings is 1. The van der Waals surface area contributed by atoms with Gasteiger partial charge in [0, 0.05) is 53.5 Å². The summed E-state index contributed by atoms with van der Waals surface area (Å²) in [6.07, 6.45) is 6.38. The van der Waals surface area contributed by atoms with E-state index in [1.54, 1.807) is 36.4 Å². The number of halogens is 3. The highest BCUT2D eigenvalue weighted by Gasteiger charge is 2.47. The van der Waals surface area contributed by atoms with Crippen LogP contribution < -0.4 is 14.4 Å². The SMILES string of the molecule is COc1cc(Cl)ccc1COc1nc(C2=CCC3(CC2)CN(c2nc4ccc(C(=O)O)cc4n2CC2(CC#N)CC2)C3)c(F)cc1F. The van der Waals surface area contributed by atoms with Crippen LogP contribution >= 0.6 is 11.6 Å². The third kappa shape index (κ3) is 5.87. The molecule has 1 spiro atoms. The van der Waals surface area contributed by atoms with Crippen molar-refractivity contribution in [2.45, 2.75) is 51.7 Å². The minimum atomic E-state index is -1.00. The summed E-state index contributed by atoms with van der Waals surface area (Å²) in [5.74, 6) is -1.65. The molecule has 9 nitrogen and oxygen atoms in total. The number of methoxy groups -OCH3 is 1. The number of rotatable bonds is 10. The molecule has 2 aliphatic carbocycles. The van der Waals surface area contributed by atoms with Crippen LogP contribution in [0, 0.1) is 33.8 Å². The summed E-state index contributed by atoms with van der Waals surface area (Å²) in [7, 11) is 1.50. The van der Waals surface area contributed by atoms with Crippen molar-refractivity contribution in [1.29, 1.82) is 5.26 Å². The van der Waals surface area contributed by atoms with Crippen molar-refractivity contribution in [2.24, 2.45) is 10.8 Å². The Bertz CT molecular complexity index is 1980. The lowest BCUT2D eigenvalue weighted by Crippen LogP contribution is -2.57. The molecule has 7 rings (SSSR count). The Balaban J connectivity index is 1.08. The average molecular weight is 660 g/mol. The Morgan fingerprint density at radius 3 is 2.60 bits per heavy atom. The number of carbonyl (C=O) groups is 1. The Morgan fingerprint density at radius 1 is 1.11 bits per heavy atom. The molecule has 3 heterocycles. The molecule has 0 unspecified atom stereocenters. The first-order chi connectivity index (χ1) is 22.6. The third-order valence-electron chi connectivity index (χ3n) is 9.74. The standard InChI is InChI=1S/C35H32ClF2N5O4/c1-46-29-15-24(36)4-2-23(29)17-47-31-26(38)16-25(37)30(41-31)21-6-8-35(9-7-21)18-42(19-35)33-40-27-5-3-22(32(44)45)14-28(27)43(33)20-34(10-11-34)12-13-39/h2-6,14-16H,7-12,17-20H2,1H3,(H,44,45). The van der Waals surface area contributed by atoms with Gasteiger partial charge in [0.05, 0.1) is 29.8 Å². The first kappa shape index (κ1) is 30.9. The van der Waals surface area contributed by atoms with Crippen LogP contribution in [0.25, 0.3) is 16.6 Å². The number of hydrogen-bond donors (Lipinski definition) is 1. The van der Waals surface area contributed by atoms with Gasteiger partial charge in [-0.15, -0.1) is 0 Å². The lowest BCUT2D eigenvalue weighted by molar-refractivity contribution is 0.0697. The molecular formula is C35H32ClF2N5O4. The molecule has 47 heavy (non-hydrogen) atoms. The van der Waals surface area contributed by atoms with Gasteiger partial charge in [0.25, 0.3) is 5.88 Å². The van der Waals surface area contributed by atoms with Gasteiger partial charge in [-0.05, 0) is 68.0 Å². The summed E-state index contributed by atoms with van der Waals surface area (Å²) in [5, 5.41) is 19.5. The zero-order valence-corrected chi connectivity index (χ0v) is 26.5. The van der Waals surface area contributed by atoms with Crippen molar-refractivity contribution in [3.63, 3.8) is 0 Å². The van der Waals surface area contributed by atoms with E-state index in [9.17, 15) is 19.6 Å². The average Bonchev–Trinajstić information content (AvgIpc) is 3.71. The molecule has 1 aliphatic heterocycles. The number of hydrogen-bond acceptors (Lipinski definition) is 7. The van der Waals surface area contributed by atoms with Crippen molar-refractivity contribution in [2.75, 3.05) is 25.1 Å². The van der Waals surface area contributed by atoms with Crippen molar-refractivity contribution >= 4 is 40.1 Å². The summed E-state index contributed by atoms with van der Waals surface area (Å²) >= 11 is 6.03. The van der Waals surface area contributed by atoms with Crippen LogP contribution in [0.1, 0.15) is 60.1 Å². The largest absolute Gasteiger partial charge is 0.496 e. The van der Waals surface area contributed by atoms with E-state index >= 15 is 4.39 Å². The number of aromatic carboxylic acids is 1. The summed E-state index contributed by atoms with van der Waals surface area (Å²) < 4.78 is 42.8. The molecule has 2 aromatic carbocycles. The number of anilines is 1. The molecule has 4 aromatic rings. The topological polar surface area (TPSA) is 114 Å². The fourth-order valence-electron chi connectivity index (χ4n) is 6.82. The second-order valence-electron chi connectivity index (χ2n) is 13.0. The molecule has 1 saturated carbocycles. The highest BCUT2D eigenvalue weighted by molar-refractivity contribution is 6.30.